The number of Topliss-reactive ketones (excluding diaryl/α,β-unsaturated/α-hetero) is 1. The number of ketones is 1. The molecule has 3 unspecified atom stereocenters. The molecule has 1 heterocycles. The Morgan fingerprint density at radius 3 is 2.74 bits per heavy atom. The lowest BCUT2D eigenvalue weighted by Gasteiger charge is -2.20. The van der Waals surface area contributed by atoms with Crippen molar-refractivity contribution in [2.24, 2.45) is 24.8 Å². The summed E-state index contributed by atoms with van der Waals surface area (Å²) < 4.78 is 2.07. The van der Waals surface area contributed by atoms with E-state index in [-0.39, 0.29) is 0 Å². The second-order valence-corrected chi connectivity index (χ2v) is 6.29. The molecule has 0 saturated heterocycles. The fourth-order valence-corrected chi connectivity index (χ4v) is 4.28. The summed E-state index contributed by atoms with van der Waals surface area (Å²) in [6, 6.07) is 10.3. The average molecular weight is 253 g/mol. The van der Waals surface area contributed by atoms with Gasteiger partial charge in [0, 0.05) is 23.9 Å². The quantitative estimate of drug-likeness (QED) is 0.746. The van der Waals surface area contributed by atoms with E-state index in [1.165, 1.54) is 24.6 Å². The summed E-state index contributed by atoms with van der Waals surface area (Å²) in [5.74, 6) is 2.16. The minimum absolute atomic E-state index is 0.293. The number of fused-ring (bicyclic) bond motifs is 3. The van der Waals surface area contributed by atoms with Crippen molar-refractivity contribution in [2.45, 2.75) is 25.7 Å². The van der Waals surface area contributed by atoms with E-state index in [0.29, 0.717) is 17.6 Å². The van der Waals surface area contributed by atoms with E-state index in [1.54, 1.807) is 0 Å². The third-order valence-corrected chi connectivity index (χ3v) is 5.28. The van der Waals surface area contributed by atoms with Crippen molar-refractivity contribution in [3.8, 4) is 0 Å². The SMILES string of the molecule is Cn1c(C(=O)C2CC3CCC2C3)cc2ccccc21. The summed E-state index contributed by atoms with van der Waals surface area (Å²) in [7, 11) is 2.02. The number of para-hydroxylation sites is 1. The molecular formula is C17H19NO. The number of carbonyl (C=O) groups is 1. The van der Waals surface area contributed by atoms with Crippen LogP contribution >= 0.6 is 0 Å². The molecule has 2 aliphatic rings. The number of rotatable bonds is 2. The first-order chi connectivity index (χ1) is 9.24. The van der Waals surface area contributed by atoms with Crippen molar-refractivity contribution < 1.29 is 4.79 Å². The summed E-state index contributed by atoms with van der Waals surface area (Å²) in [5.41, 5.74) is 2.06. The fourth-order valence-electron chi connectivity index (χ4n) is 4.28. The second kappa shape index (κ2) is 3.96. The molecular weight excluding hydrogens is 234 g/mol. The number of aryl methyl sites for hydroxylation is 1. The van der Waals surface area contributed by atoms with Crippen LogP contribution in [0.5, 0.6) is 0 Å². The minimum atomic E-state index is 0.293. The van der Waals surface area contributed by atoms with Crippen LogP contribution in [0.2, 0.25) is 0 Å². The first-order valence-corrected chi connectivity index (χ1v) is 7.32. The lowest BCUT2D eigenvalue weighted by atomic mass is 9.84. The highest BCUT2D eigenvalue weighted by Gasteiger charge is 2.43. The van der Waals surface area contributed by atoms with Crippen LogP contribution in [0.1, 0.15) is 36.2 Å². The van der Waals surface area contributed by atoms with E-state index < -0.39 is 0 Å². The molecule has 0 radical (unpaired) electrons. The first-order valence-electron chi connectivity index (χ1n) is 7.32. The summed E-state index contributed by atoms with van der Waals surface area (Å²) in [6.07, 6.45) is 5.04. The van der Waals surface area contributed by atoms with Gasteiger partial charge in [0.2, 0.25) is 0 Å². The van der Waals surface area contributed by atoms with Crippen LogP contribution in [0.25, 0.3) is 10.9 Å². The maximum atomic E-state index is 12.8. The van der Waals surface area contributed by atoms with Gasteiger partial charge in [-0.2, -0.15) is 0 Å². The number of hydrogen-bond acceptors (Lipinski definition) is 1. The zero-order chi connectivity index (χ0) is 13.0. The number of nitrogens with zero attached hydrogens (tertiary/aromatic N) is 1. The molecule has 1 aromatic heterocycles. The van der Waals surface area contributed by atoms with Gasteiger partial charge in [0.25, 0.3) is 0 Å². The van der Waals surface area contributed by atoms with Gasteiger partial charge in [-0.3, -0.25) is 4.79 Å². The van der Waals surface area contributed by atoms with E-state index in [4.69, 9.17) is 0 Å². The molecule has 2 saturated carbocycles. The summed E-state index contributed by atoms with van der Waals surface area (Å²) in [5, 5.41) is 1.18. The van der Waals surface area contributed by atoms with Crippen LogP contribution in [-0.4, -0.2) is 10.4 Å². The van der Waals surface area contributed by atoms with Gasteiger partial charge in [-0.25, -0.2) is 0 Å². The smallest absolute Gasteiger partial charge is 0.182 e. The summed E-state index contributed by atoms with van der Waals surface area (Å²) in [6.45, 7) is 0. The maximum Gasteiger partial charge on any atom is 0.182 e. The highest BCUT2D eigenvalue weighted by atomic mass is 16.1. The summed E-state index contributed by atoms with van der Waals surface area (Å²) in [4.78, 5) is 12.8. The summed E-state index contributed by atoms with van der Waals surface area (Å²) >= 11 is 0. The Balaban J connectivity index is 1.74. The molecule has 2 heteroatoms. The molecule has 0 aliphatic heterocycles. The molecule has 98 valence electrons. The Morgan fingerprint density at radius 1 is 1.21 bits per heavy atom. The lowest BCUT2D eigenvalue weighted by molar-refractivity contribution is 0.0866. The van der Waals surface area contributed by atoms with E-state index in [0.717, 1.165) is 23.5 Å². The Kier molecular flexibility index (Phi) is 2.35. The van der Waals surface area contributed by atoms with Gasteiger partial charge in [0.1, 0.15) is 0 Å². The van der Waals surface area contributed by atoms with Gasteiger partial charge >= 0.3 is 0 Å². The zero-order valence-corrected chi connectivity index (χ0v) is 11.3. The third kappa shape index (κ3) is 1.59. The van der Waals surface area contributed by atoms with Crippen LogP contribution in [0.4, 0.5) is 0 Å². The van der Waals surface area contributed by atoms with Gasteiger partial charge in [0.15, 0.2) is 5.78 Å². The van der Waals surface area contributed by atoms with Crippen LogP contribution in [0.3, 0.4) is 0 Å². The highest BCUT2D eigenvalue weighted by molar-refractivity contribution is 6.01. The second-order valence-electron chi connectivity index (χ2n) is 6.29. The topological polar surface area (TPSA) is 22.0 Å². The van der Waals surface area contributed by atoms with Gasteiger partial charge in [-0.15, -0.1) is 0 Å². The van der Waals surface area contributed by atoms with Crippen molar-refractivity contribution in [1.82, 2.24) is 4.57 Å². The fraction of sp³-hybridized carbons (Fsp3) is 0.471. The van der Waals surface area contributed by atoms with Gasteiger partial charge in [0.05, 0.1) is 5.69 Å². The van der Waals surface area contributed by atoms with Crippen molar-refractivity contribution in [2.75, 3.05) is 0 Å². The van der Waals surface area contributed by atoms with Crippen molar-refractivity contribution in [3.05, 3.63) is 36.0 Å². The number of carbonyl (C=O) groups excluding carboxylic acids is 1. The predicted octanol–water partition coefficient (Wildman–Crippen LogP) is 3.80. The Labute approximate surface area is 113 Å². The van der Waals surface area contributed by atoms with Crippen LogP contribution < -0.4 is 0 Å². The zero-order valence-electron chi connectivity index (χ0n) is 11.3. The molecule has 2 nitrogen and oxygen atoms in total. The van der Waals surface area contributed by atoms with Crippen molar-refractivity contribution in [3.63, 3.8) is 0 Å². The lowest BCUT2D eigenvalue weighted by Crippen LogP contribution is -2.22. The molecule has 19 heavy (non-hydrogen) atoms. The van der Waals surface area contributed by atoms with Crippen LogP contribution in [0.15, 0.2) is 30.3 Å². The molecule has 0 amide bonds. The predicted molar refractivity (Wildman–Crippen MR) is 76.2 cm³/mol. The standard InChI is InChI=1S/C17H19NO/c1-18-15-5-3-2-4-13(15)10-16(18)17(19)14-9-11-6-7-12(14)8-11/h2-5,10-12,14H,6-9H2,1H3. The van der Waals surface area contributed by atoms with Gasteiger partial charge in [-0.05, 0) is 43.2 Å². The van der Waals surface area contributed by atoms with Crippen molar-refractivity contribution in [1.29, 1.82) is 0 Å². The monoisotopic (exact) mass is 253 g/mol. The Hall–Kier alpha value is -1.57. The minimum Gasteiger partial charge on any atom is -0.341 e. The molecule has 2 fully saturated rings. The number of benzene rings is 1. The van der Waals surface area contributed by atoms with E-state index >= 15 is 0 Å². The number of hydrogen-bond donors (Lipinski definition) is 0. The average Bonchev–Trinajstić information content (AvgIpc) is 3.13. The van der Waals surface area contributed by atoms with E-state index in [9.17, 15) is 4.79 Å². The van der Waals surface area contributed by atoms with Gasteiger partial charge < -0.3 is 4.57 Å². The molecule has 2 aromatic rings. The molecule has 3 atom stereocenters. The molecule has 2 aliphatic carbocycles. The molecule has 1 aromatic carbocycles. The Bertz CT molecular complexity index is 654. The Morgan fingerprint density at radius 2 is 2.05 bits per heavy atom. The molecule has 4 rings (SSSR count). The molecule has 0 spiro atoms. The van der Waals surface area contributed by atoms with E-state index in [1.807, 2.05) is 19.2 Å². The largest absolute Gasteiger partial charge is 0.341 e. The van der Waals surface area contributed by atoms with Gasteiger partial charge in [-0.1, -0.05) is 24.6 Å². The maximum absolute atomic E-state index is 12.8. The normalized spacial score (nSPS) is 29.2. The van der Waals surface area contributed by atoms with Crippen molar-refractivity contribution >= 4 is 16.7 Å². The first kappa shape index (κ1) is 11.3. The van der Waals surface area contributed by atoms with E-state index in [2.05, 4.69) is 22.8 Å². The number of aromatic nitrogens is 1. The highest BCUT2D eigenvalue weighted by Crippen LogP contribution is 2.49. The van der Waals surface area contributed by atoms with Crippen LogP contribution in [0, 0.1) is 17.8 Å². The molecule has 0 N–H and O–H groups in total. The van der Waals surface area contributed by atoms with Crippen LogP contribution in [-0.2, 0) is 7.05 Å². The third-order valence-electron chi connectivity index (χ3n) is 5.28. The molecule has 2 bridgehead atoms.